The van der Waals surface area contributed by atoms with E-state index in [1.54, 1.807) is 5.56 Å². The van der Waals surface area contributed by atoms with Gasteiger partial charge in [0.15, 0.2) is 0 Å². The zero-order valence-electron chi connectivity index (χ0n) is 12.7. The van der Waals surface area contributed by atoms with Crippen molar-refractivity contribution < 1.29 is 5.11 Å². The van der Waals surface area contributed by atoms with Gasteiger partial charge in [-0.25, -0.2) is 0 Å². The molecule has 4 fully saturated rings. The van der Waals surface area contributed by atoms with E-state index >= 15 is 0 Å². The van der Waals surface area contributed by atoms with Crippen LogP contribution < -0.4 is 0 Å². The maximum absolute atomic E-state index is 10.1. The summed E-state index contributed by atoms with van der Waals surface area (Å²) in [5.74, 6) is 2.99. The van der Waals surface area contributed by atoms with E-state index < -0.39 is 5.60 Å². The maximum atomic E-state index is 10.1. The first-order valence-electron chi connectivity index (χ1n) is 8.28. The second-order valence-corrected chi connectivity index (χ2v) is 8.33. The molecule has 4 aliphatic rings. The van der Waals surface area contributed by atoms with Crippen LogP contribution in [0.3, 0.4) is 0 Å². The number of aliphatic hydroxyl groups is 1. The van der Waals surface area contributed by atoms with E-state index in [-0.39, 0.29) is 0 Å². The predicted molar refractivity (Wildman–Crippen MR) is 81.5 cm³/mol. The normalized spacial score (nSPS) is 39.2. The molecule has 0 atom stereocenters. The lowest BCUT2D eigenvalue weighted by molar-refractivity contribution is -0.00526. The average molecular weight is 270 g/mol. The minimum atomic E-state index is -0.722. The molecule has 0 spiro atoms. The second-order valence-electron chi connectivity index (χ2n) is 8.33. The molecule has 0 heterocycles. The molecule has 1 aromatic carbocycles. The lowest BCUT2D eigenvalue weighted by Gasteiger charge is -2.57. The summed E-state index contributed by atoms with van der Waals surface area (Å²) >= 11 is 0. The third-order valence-corrected chi connectivity index (χ3v) is 6.24. The smallest absolute Gasteiger partial charge is 0.0840 e. The minimum absolute atomic E-state index is 0.479. The van der Waals surface area contributed by atoms with E-state index in [9.17, 15) is 5.11 Å². The second kappa shape index (κ2) is 4.10. The van der Waals surface area contributed by atoms with E-state index in [4.69, 9.17) is 0 Å². The molecule has 0 aliphatic heterocycles. The molecule has 0 unspecified atom stereocenters. The largest absolute Gasteiger partial charge is 0.386 e. The molecule has 4 aliphatic carbocycles. The molecule has 4 saturated carbocycles. The lowest BCUT2D eigenvalue weighted by Crippen LogP contribution is -2.48. The van der Waals surface area contributed by atoms with Gasteiger partial charge in [-0.3, -0.25) is 0 Å². The summed E-state index contributed by atoms with van der Waals surface area (Å²) in [7, 11) is 0. The van der Waals surface area contributed by atoms with Crippen LogP contribution in [0.2, 0.25) is 0 Å². The Hall–Kier alpha value is -0.820. The third-order valence-electron chi connectivity index (χ3n) is 6.24. The quantitative estimate of drug-likeness (QED) is 0.845. The topological polar surface area (TPSA) is 20.2 Å². The third kappa shape index (κ3) is 1.94. The molecular weight excluding hydrogens is 244 g/mol. The van der Waals surface area contributed by atoms with Crippen molar-refractivity contribution in [3.8, 4) is 0 Å². The lowest BCUT2D eigenvalue weighted by atomic mass is 9.48. The van der Waals surface area contributed by atoms with Crippen molar-refractivity contribution in [2.75, 3.05) is 0 Å². The number of hydrogen-bond donors (Lipinski definition) is 1. The first-order chi connectivity index (χ1) is 9.45. The fraction of sp³-hybridized carbons (Fsp3) is 0.684. The molecule has 20 heavy (non-hydrogen) atoms. The summed E-state index contributed by atoms with van der Waals surface area (Å²) in [5.41, 5.74) is 2.34. The van der Waals surface area contributed by atoms with Gasteiger partial charge < -0.3 is 5.11 Å². The molecule has 108 valence electrons. The summed E-state index contributed by atoms with van der Waals surface area (Å²) in [6, 6.07) is 8.91. The van der Waals surface area contributed by atoms with Gasteiger partial charge in [0.2, 0.25) is 0 Å². The highest BCUT2D eigenvalue weighted by molar-refractivity contribution is 5.33. The van der Waals surface area contributed by atoms with Crippen LogP contribution >= 0.6 is 0 Å². The van der Waals surface area contributed by atoms with E-state index in [1.807, 2.05) is 13.8 Å². The Morgan fingerprint density at radius 1 is 0.900 bits per heavy atom. The SMILES string of the molecule is CC(C)(O)c1ccc(C23CC4CC(CC(C4)C2)C3)cc1. The van der Waals surface area contributed by atoms with Crippen LogP contribution in [0.15, 0.2) is 24.3 Å². The molecule has 0 saturated heterocycles. The number of rotatable bonds is 2. The van der Waals surface area contributed by atoms with E-state index in [2.05, 4.69) is 24.3 Å². The molecule has 0 amide bonds. The molecule has 4 bridgehead atoms. The fourth-order valence-corrected chi connectivity index (χ4v) is 5.70. The van der Waals surface area contributed by atoms with Gasteiger partial charge in [-0.15, -0.1) is 0 Å². The van der Waals surface area contributed by atoms with Crippen LogP contribution in [-0.2, 0) is 11.0 Å². The number of hydrogen-bond acceptors (Lipinski definition) is 1. The van der Waals surface area contributed by atoms with Crippen molar-refractivity contribution >= 4 is 0 Å². The molecule has 1 aromatic rings. The van der Waals surface area contributed by atoms with Crippen molar-refractivity contribution in [3.05, 3.63) is 35.4 Å². The van der Waals surface area contributed by atoms with Crippen molar-refractivity contribution in [2.24, 2.45) is 17.8 Å². The van der Waals surface area contributed by atoms with Gasteiger partial charge in [0.05, 0.1) is 5.60 Å². The predicted octanol–water partition coefficient (Wildman–Crippen LogP) is 4.38. The van der Waals surface area contributed by atoms with Gasteiger partial charge in [-0.1, -0.05) is 24.3 Å². The maximum Gasteiger partial charge on any atom is 0.0840 e. The summed E-state index contributed by atoms with van der Waals surface area (Å²) in [4.78, 5) is 0. The summed E-state index contributed by atoms with van der Waals surface area (Å²) in [5, 5.41) is 10.1. The first-order valence-corrected chi connectivity index (χ1v) is 8.28. The van der Waals surface area contributed by atoms with Crippen LogP contribution in [0.25, 0.3) is 0 Å². The van der Waals surface area contributed by atoms with Crippen molar-refractivity contribution in [2.45, 2.75) is 63.4 Å². The zero-order chi connectivity index (χ0) is 14.0. The zero-order valence-corrected chi connectivity index (χ0v) is 12.7. The summed E-state index contributed by atoms with van der Waals surface area (Å²) < 4.78 is 0. The van der Waals surface area contributed by atoms with E-state index in [1.165, 1.54) is 38.5 Å². The van der Waals surface area contributed by atoms with Crippen LogP contribution in [0.5, 0.6) is 0 Å². The van der Waals surface area contributed by atoms with Crippen LogP contribution in [0, 0.1) is 17.8 Å². The summed E-state index contributed by atoms with van der Waals surface area (Å²) in [6.45, 7) is 3.74. The van der Waals surface area contributed by atoms with Crippen LogP contribution in [0.4, 0.5) is 0 Å². The molecule has 5 rings (SSSR count). The Balaban J connectivity index is 1.67. The molecule has 0 radical (unpaired) electrons. The fourth-order valence-electron chi connectivity index (χ4n) is 5.70. The van der Waals surface area contributed by atoms with Gasteiger partial charge in [0, 0.05) is 0 Å². The molecular formula is C19H26O. The molecule has 1 N–H and O–H groups in total. The van der Waals surface area contributed by atoms with E-state index in [0.29, 0.717) is 5.41 Å². The molecule has 1 nitrogen and oxygen atoms in total. The Morgan fingerprint density at radius 3 is 1.75 bits per heavy atom. The highest BCUT2D eigenvalue weighted by Gasteiger charge is 2.51. The summed E-state index contributed by atoms with van der Waals surface area (Å²) in [6.07, 6.45) is 8.76. The van der Waals surface area contributed by atoms with Crippen LogP contribution in [-0.4, -0.2) is 5.11 Å². The Labute approximate surface area is 122 Å². The van der Waals surface area contributed by atoms with Crippen LogP contribution in [0.1, 0.15) is 63.5 Å². The van der Waals surface area contributed by atoms with Crippen molar-refractivity contribution in [1.29, 1.82) is 0 Å². The Morgan fingerprint density at radius 2 is 1.35 bits per heavy atom. The van der Waals surface area contributed by atoms with Gasteiger partial charge in [-0.2, -0.15) is 0 Å². The van der Waals surface area contributed by atoms with Gasteiger partial charge in [0.1, 0.15) is 0 Å². The van der Waals surface area contributed by atoms with Gasteiger partial charge in [0.25, 0.3) is 0 Å². The highest BCUT2D eigenvalue weighted by Crippen LogP contribution is 2.60. The Bertz CT molecular complexity index is 470. The Kier molecular flexibility index (Phi) is 2.64. The number of benzene rings is 1. The highest BCUT2D eigenvalue weighted by atomic mass is 16.3. The molecule has 1 heteroatoms. The van der Waals surface area contributed by atoms with Crippen molar-refractivity contribution in [3.63, 3.8) is 0 Å². The monoisotopic (exact) mass is 270 g/mol. The van der Waals surface area contributed by atoms with Gasteiger partial charge >= 0.3 is 0 Å². The van der Waals surface area contributed by atoms with E-state index in [0.717, 1.165) is 23.3 Å². The standard InChI is InChI=1S/C19H26O/c1-18(2,20)16-3-5-17(6-4-16)19-10-13-7-14(11-19)9-15(8-13)12-19/h3-6,13-15,20H,7-12H2,1-2H3. The first kappa shape index (κ1) is 12.9. The minimum Gasteiger partial charge on any atom is -0.386 e. The van der Waals surface area contributed by atoms with Gasteiger partial charge in [-0.05, 0) is 86.7 Å². The van der Waals surface area contributed by atoms with Crippen molar-refractivity contribution in [1.82, 2.24) is 0 Å². The molecule has 0 aromatic heterocycles. The average Bonchev–Trinajstić information content (AvgIpc) is 2.36.